The van der Waals surface area contributed by atoms with Crippen LogP contribution in [0.3, 0.4) is 0 Å². The van der Waals surface area contributed by atoms with E-state index in [-0.39, 0.29) is 10.6 Å². The van der Waals surface area contributed by atoms with Crippen LogP contribution in [-0.2, 0) is 4.74 Å². The van der Waals surface area contributed by atoms with Crippen molar-refractivity contribution in [2.45, 2.75) is 13.8 Å². The van der Waals surface area contributed by atoms with Crippen molar-refractivity contribution in [2.75, 3.05) is 36.5 Å². The Morgan fingerprint density at radius 3 is 2.21 bits per heavy atom. The average Bonchev–Trinajstić information content (AvgIpc) is 2.96. The highest BCUT2D eigenvalue weighted by atomic mass is 16.6. The molecule has 0 spiro atoms. The van der Waals surface area contributed by atoms with Crippen molar-refractivity contribution < 1.29 is 19.1 Å². The fourth-order valence-corrected chi connectivity index (χ4v) is 3.75. The Hall–Kier alpha value is -4.70. The van der Waals surface area contributed by atoms with Crippen LogP contribution in [0, 0.1) is 10.1 Å². The maximum absolute atomic E-state index is 11.7. The lowest BCUT2D eigenvalue weighted by atomic mass is 10.2. The first-order valence-electron chi connectivity index (χ1n) is 12.3. The number of aromatic nitrogens is 2. The Balaban J connectivity index is 0.00000164. The summed E-state index contributed by atoms with van der Waals surface area (Å²) in [5.41, 5.74) is 1.12. The number of benzene rings is 3. The van der Waals surface area contributed by atoms with E-state index in [1.165, 1.54) is 12.4 Å². The van der Waals surface area contributed by atoms with E-state index in [1.54, 1.807) is 42.5 Å². The number of para-hydroxylation sites is 1. The minimum Gasteiger partial charge on any atom is -0.457 e. The lowest BCUT2D eigenvalue weighted by Crippen LogP contribution is -2.36. The van der Waals surface area contributed by atoms with E-state index in [1.807, 2.05) is 49.1 Å². The van der Waals surface area contributed by atoms with Crippen molar-refractivity contribution in [1.82, 2.24) is 9.97 Å². The van der Waals surface area contributed by atoms with E-state index >= 15 is 0 Å². The van der Waals surface area contributed by atoms with Crippen molar-refractivity contribution in [1.29, 1.82) is 0 Å². The van der Waals surface area contributed by atoms with Crippen LogP contribution in [0.1, 0.15) is 13.8 Å². The molecule has 1 aromatic heterocycles. The minimum atomic E-state index is -0.379. The maximum atomic E-state index is 11.7. The number of hydrogen-bond donors (Lipinski definition) is 1. The smallest absolute Gasteiger partial charge is 0.294 e. The largest absolute Gasteiger partial charge is 0.457 e. The molecule has 3 aromatic carbocycles. The van der Waals surface area contributed by atoms with Crippen LogP contribution in [-0.4, -0.2) is 41.2 Å². The predicted molar refractivity (Wildman–Crippen MR) is 146 cm³/mol. The van der Waals surface area contributed by atoms with Gasteiger partial charge in [-0.05, 0) is 48.5 Å². The number of anilines is 3. The maximum Gasteiger partial charge on any atom is 0.294 e. The molecule has 1 aliphatic rings. The zero-order chi connectivity index (χ0) is 26.7. The van der Waals surface area contributed by atoms with Crippen LogP contribution in [0.2, 0.25) is 0 Å². The number of hydrogen-bond acceptors (Lipinski definition) is 9. The van der Waals surface area contributed by atoms with Gasteiger partial charge in [0.15, 0.2) is 0 Å². The molecule has 10 nitrogen and oxygen atoms in total. The molecule has 2 heterocycles. The molecule has 38 heavy (non-hydrogen) atoms. The molecule has 10 heteroatoms. The first-order valence-corrected chi connectivity index (χ1v) is 12.3. The zero-order valence-corrected chi connectivity index (χ0v) is 21.2. The van der Waals surface area contributed by atoms with Crippen molar-refractivity contribution in [3.05, 3.63) is 95.3 Å². The predicted octanol–water partition coefficient (Wildman–Crippen LogP) is 6.58. The number of ether oxygens (including phenoxy) is 3. The molecule has 0 aliphatic carbocycles. The van der Waals surface area contributed by atoms with E-state index < -0.39 is 0 Å². The summed E-state index contributed by atoms with van der Waals surface area (Å²) in [6.07, 6.45) is 1.36. The number of nitro groups is 1. The van der Waals surface area contributed by atoms with E-state index in [4.69, 9.17) is 14.2 Å². The average molecular weight is 516 g/mol. The summed E-state index contributed by atoms with van der Waals surface area (Å²) in [7, 11) is 0. The van der Waals surface area contributed by atoms with Gasteiger partial charge in [0.1, 0.15) is 35.1 Å². The van der Waals surface area contributed by atoms with E-state index in [0.717, 1.165) is 5.75 Å². The number of nitrogens with one attached hydrogen (secondary N) is 1. The molecule has 1 aliphatic heterocycles. The molecule has 4 aromatic rings. The minimum absolute atomic E-state index is 0.0187. The van der Waals surface area contributed by atoms with Crippen molar-refractivity contribution >= 4 is 22.9 Å². The molecule has 196 valence electrons. The van der Waals surface area contributed by atoms with Gasteiger partial charge < -0.3 is 24.4 Å². The Kier molecular flexibility index (Phi) is 9.03. The molecule has 1 N–H and O–H groups in total. The molecule has 0 saturated carbocycles. The van der Waals surface area contributed by atoms with Gasteiger partial charge in [0.25, 0.3) is 5.69 Å². The summed E-state index contributed by atoms with van der Waals surface area (Å²) in [4.78, 5) is 21.7. The Morgan fingerprint density at radius 2 is 1.53 bits per heavy atom. The lowest BCUT2D eigenvalue weighted by Gasteiger charge is -2.28. The molecule has 5 rings (SSSR count). The Bertz CT molecular complexity index is 1330. The molecule has 0 radical (unpaired) electrons. The molecule has 0 amide bonds. The number of nitro benzene ring substituents is 1. The monoisotopic (exact) mass is 515 g/mol. The number of morpholine rings is 1. The second-order valence-corrected chi connectivity index (χ2v) is 7.92. The third-order valence-corrected chi connectivity index (χ3v) is 5.46. The summed E-state index contributed by atoms with van der Waals surface area (Å²) in [6, 6.07) is 23.3. The Morgan fingerprint density at radius 1 is 0.868 bits per heavy atom. The van der Waals surface area contributed by atoms with Gasteiger partial charge >= 0.3 is 0 Å². The molecular formula is C28H29N5O5. The van der Waals surface area contributed by atoms with Crippen LogP contribution >= 0.6 is 0 Å². The van der Waals surface area contributed by atoms with Crippen LogP contribution in [0.15, 0.2) is 85.2 Å². The summed E-state index contributed by atoms with van der Waals surface area (Å²) >= 11 is 0. The first kappa shape index (κ1) is 26.4. The quantitative estimate of drug-likeness (QED) is 0.205. The third-order valence-electron chi connectivity index (χ3n) is 5.46. The van der Waals surface area contributed by atoms with Crippen molar-refractivity contribution in [3.8, 4) is 23.1 Å². The molecule has 0 unspecified atom stereocenters. The van der Waals surface area contributed by atoms with Crippen molar-refractivity contribution in [3.63, 3.8) is 0 Å². The van der Waals surface area contributed by atoms with E-state index in [9.17, 15) is 10.1 Å². The summed E-state index contributed by atoms with van der Waals surface area (Å²) < 4.78 is 17.0. The van der Waals surface area contributed by atoms with Crippen LogP contribution < -0.4 is 19.7 Å². The molecule has 1 saturated heterocycles. The highest BCUT2D eigenvalue weighted by Crippen LogP contribution is 2.33. The van der Waals surface area contributed by atoms with Crippen LogP contribution in [0.25, 0.3) is 0 Å². The van der Waals surface area contributed by atoms with E-state index in [0.29, 0.717) is 60.9 Å². The normalized spacial score (nSPS) is 12.6. The standard InChI is InChI=1S/C26H23N5O5.C2H6/c32-31(33)24-16-19(6-11-23(24)30-12-14-34-15-13-30)29-25-17-26(28-18-27-25)36-22-9-7-21(8-10-22)35-20-4-2-1-3-5-20;1-2/h1-11,16-18H,12-15H2,(H,27,28,29);1-2H3. The second-order valence-electron chi connectivity index (χ2n) is 7.92. The van der Waals surface area contributed by atoms with Gasteiger partial charge in [-0.25, -0.2) is 9.97 Å². The van der Waals surface area contributed by atoms with Gasteiger partial charge in [-0.3, -0.25) is 10.1 Å². The number of nitrogens with zero attached hydrogens (tertiary/aromatic N) is 4. The Labute approximate surface area is 221 Å². The van der Waals surface area contributed by atoms with Gasteiger partial charge in [0, 0.05) is 30.9 Å². The number of rotatable bonds is 8. The summed E-state index contributed by atoms with van der Waals surface area (Å²) in [5, 5.41) is 14.8. The fourth-order valence-electron chi connectivity index (χ4n) is 3.75. The van der Waals surface area contributed by atoms with Gasteiger partial charge in [0.05, 0.1) is 18.1 Å². The summed E-state index contributed by atoms with van der Waals surface area (Å²) in [6.45, 7) is 6.31. The highest BCUT2D eigenvalue weighted by Gasteiger charge is 2.22. The topological polar surface area (TPSA) is 112 Å². The third kappa shape index (κ3) is 6.95. The van der Waals surface area contributed by atoms with Crippen LogP contribution in [0.5, 0.6) is 23.1 Å². The first-order chi connectivity index (χ1) is 18.6. The fraction of sp³-hybridized carbons (Fsp3) is 0.214. The molecule has 0 atom stereocenters. The SMILES string of the molecule is CC.O=[N+]([O-])c1cc(Nc2cc(Oc3ccc(Oc4ccccc4)cc3)ncn2)ccc1N1CCOCC1. The molecule has 1 fully saturated rings. The molecular weight excluding hydrogens is 486 g/mol. The molecule has 0 bridgehead atoms. The van der Waals surface area contributed by atoms with Gasteiger partial charge in [-0.15, -0.1) is 0 Å². The summed E-state index contributed by atoms with van der Waals surface area (Å²) in [5.74, 6) is 2.77. The zero-order valence-electron chi connectivity index (χ0n) is 21.2. The lowest BCUT2D eigenvalue weighted by molar-refractivity contribution is -0.384. The van der Waals surface area contributed by atoms with Crippen LogP contribution in [0.4, 0.5) is 22.9 Å². The van der Waals surface area contributed by atoms with Gasteiger partial charge in [-0.2, -0.15) is 0 Å². The highest BCUT2D eigenvalue weighted by molar-refractivity contribution is 5.71. The van der Waals surface area contributed by atoms with Crippen molar-refractivity contribution in [2.24, 2.45) is 0 Å². The van der Waals surface area contributed by atoms with Gasteiger partial charge in [0.2, 0.25) is 5.88 Å². The second kappa shape index (κ2) is 13.0. The van der Waals surface area contributed by atoms with Gasteiger partial charge in [-0.1, -0.05) is 32.0 Å². The van der Waals surface area contributed by atoms with E-state index in [2.05, 4.69) is 15.3 Å².